The Balaban J connectivity index is 1.79. The number of hydrogen-bond donors (Lipinski definition) is 1. The van der Waals surface area contributed by atoms with Crippen LogP contribution in [0.15, 0.2) is 30.6 Å². The largest absolute Gasteiger partial charge is 0.366 e. The Morgan fingerprint density at radius 1 is 1.35 bits per heavy atom. The fraction of sp³-hybridized carbons (Fsp3) is 0.267. The molecule has 102 valence electrons. The number of benzene rings is 1. The second-order valence-corrected chi connectivity index (χ2v) is 5.75. The van der Waals surface area contributed by atoms with Crippen LogP contribution in [0.2, 0.25) is 5.02 Å². The molecule has 5 heteroatoms. The molecule has 4 rings (SSSR count). The van der Waals surface area contributed by atoms with Gasteiger partial charge in [0.05, 0.1) is 5.69 Å². The fourth-order valence-corrected chi connectivity index (χ4v) is 3.24. The summed E-state index contributed by atoms with van der Waals surface area (Å²) >= 11 is 6.24. The lowest BCUT2D eigenvalue weighted by molar-refractivity contribution is 0.703. The summed E-state index contributed by atoms with van der Waals surface area (Å²) in [6.07, 6.45) is 5.05. The highest BCUT2D eigenvalue weighted by molar-refractivity contribution is 6.31. The standard InChI is InChI=1S/C15H15ClN4/c1-19-8-10-9-20(5-3-13(10)18-19)15-7-11(16)6-14-12(15)2-4-17-14/h2,4,6-8,17H,3,5,9H2,1H3. The first-order chi connectivity index (χ1) is 9.70. The summed E-state index contributed by atoms with van der Waals surface area (Å²) in [6.45, 7) is 1.87. The van der Waals surface area contributed by atoms with Crippen molar-refractivity contribution in [1.82, 2.24) is 14.8 Å². The normalized spacial score (nSPS) is 14.8. The molecule has 0 atom stereocenters. The SMILES string of the molecule is Cn1cc2c(n1)CCN(c1cc(Cl)cc3[nH]ccc13)C2. The third-order valence-electron chi connectivity index (χ3n) is 3.92. The summed E-state index contributed by atoms with van der Waals surface area (Å²) in [5.41, 5.74) is 4.81. The van der Waals surface area contributed by atoms with E-state index in [0.29, 0.717) is 0 Å². The predicted octanol–water partition coefficient (Wildman–Crippen LogP) is 3.12. The van der Waals surface area contributed by atoms with Gasteiger partial charge in [0.15, 0.2) is 0 Å². The lowest BCUT2D eigenvalue weighted by Crippen LogP contribution is -2.30. The second-order valence-electron chi connectivity index (χ2n) is 5.31. The number of H-pyrrole nitrogens is 1. The highest BCUT2D eigenvalue weighted by Crippen LogP contribution is 2.33. The Morgan fingerprint density at radius 3 is 3.15 bits per heavy atom. The molecular formula is C15H15ClN4. The Kier molecular flexibility index (Phi) is 2.54. The van der Waals surface area contributed by atoms with Crippen molar-refractivity contribution in [1.29, 1.82) is 0 Å². The third kappa shape index (κ3) is 1.79. The molecule has 0 unspecified atom stereocenters. The van der Waals surface area contributed by atoms with Crippen LogP contribution >= 0.6 is 11.6 Å². The molecule has 3 aromatic rings. The van der Waals surface area contributed by atoms with Crippen molar-refractivity contribution in [3.8, 4) is 0 Å². The van der Waals surface area contributed by atoms with Crippen LogP contribution in [0.25, 0.3) is 10.9 Å². The summed E-state index contributed by atoms with van der Waals surface area (Å²) in [4.78, 5) is 5.62. The van der Waals surface area contributed by atoms with Crippen molar-refractivity contribution in [3.05, 3.63) is 46.9 Å². The molecule has 0 spiro atoms. The number of rotatable bonds is 1. The quantitative estimate of drug-likeness (QED) is 0.746. The number of aryl methyl sites for hydroxylation is 1. The minimum absolute atomic E-state index is 0.770. The van der Waals surface area contributed by atoms with Gasteiger partial charge >= 0.3 is 0 Å². The van der Waals surface area contributed by atoms with Gasteiger partial charge in [-0.25, -0.2) is 0 Å². The minimum Gasteiger partial charge on any atom is -0.366 e. The molecular weight excluding hydrogens is 272 g/mol. The minimum atomic E-state index is 0.770. The Labute approximate surface area is 122 Å². The predicted molar refractivity (Wildman–Crippen MR) is 81.3 cm³/mol. The van der Waals surface area contributed by atoms with Crippen LogP contribution in [0.3, 0.4) is 0 Å². The Bertz CT molecular complexity index is 786. The zero-order chi connectivity index (χ0) is 13.7. The number of nitrogens with zero attached hydrogens (tertiary/aromatic N) is 3. The van der Waals surface area contributed by atoms with Crippen molar-refractivity contribution in [3.63, 3.8) is 0 Å². The van der Waals surface area contributed by atoms with Gasteiger partial charge in [0.1, 0.15) is 0 Å². The van der Waals surface area contributed by atoms with Crippen LogP contribution in [0.4, 0.5) is 5.69 Å². The van der Waals surface area contributed by atoms with E-state index in [-0.39, 0.29) is 0 Å². The first-order valence-electron chi connectivity index (χ1n) is 6.74. The van der Waals surface area contributed by atoms with Crippen LogP contribution < -0.4 is 4.90 Å². The summed E-state index contributed by atoms with van der Waals surface area (Å²) in [7, 11) is 1.98. The van der Waals surface area contributed by atoms with Gasteiger partial charge in [-0.15, -0.1) is 0 Å². The number of aromatic amines is 1. The van der Waals surface area contributed by atoms with Gasteiger partial charge in [0.25, 0.3) is 0 Å². The van der Waals surface area contributed by atoms with Crippen LogP contribution in [0.1, 0.15) is 11.3 Å². The first kappa shape index (κ1) is 11.9. The molecule has 1 aliphatic rings. The van der Waals surface area contributed by atoms with Crippen molar-refractivity contribution >= 4 is 28.2 Å². The van der Waals surface area contributed by atoms with Crippen LogP contribution in [-0.2, 0) is 20.0 Å². The molecule has 0 radical (unpaired) electrons. The zero-order valence-electron chi connectivity index (χ0n) is 11.2. The molecule has 0 amide bonds. The molecule has 3 heterocycles. The Hall–Kier alpha value is -1.94. The number of anilines is 1. The van der Waals surface area contributed by atoms with Gasteiger partial charge in [-0.3, -0.25) is 4.68 Å². The maximum Gasteiger partial charge on any atom is 0.0692 e. The topological polar surface area (TPSA) is 36.9 Å². The fourth-order valence-electron chi connectivity index (χ4n) is 3.03. The van der Waals surface area contributed by atoms with Crippen LogP contribution in [-0.4, -0.2) is 21.3 Å². The van der Waals surface area contributed by atoms with E-state index in [1.54, 1.807) is 0 Å². The number of hydrogen-bond acceptors (Lipinski definition) is 2. The smallest absolute Gasteiger partial charge is 0.0692 e. The van der Waals surface area contributed by atoms with E-state index in [0.717, 1.165) is 30.0 Å². The molecule has 4 nitrogen and oxygen atoms in total. The number of halogens is 1. The van der Waals surface area contributed by atoms with Gasteiger partial charge in [-0.2, -0.15) is 5.10 Å². The molecule has 1 N–H and O–H groups in total. The van der Waals surface area contributed by atoms with Crippen LogP contribution in [0, 0.1) is 0 Å². The third-order valence-corrected chi connectivity index (χ3v) is 4.14. The molecule has 0 bridgehead atoms. The summed E-state index contributed by atoms with van der Waals surface area (Å²) in [5.74, 6) is 0. The molecule has 1 aromatic carbocycles. The summed E-state index contributed by atoms with van der Waals surface area (Å²) in [5, 5.41) is 6.50. The van der Waals surface area contributed by atoms with Gasteiger partial charge in [0.2, 0.25) is 0 Å². The van der Waals surface area contributed by atoms with E-state index in [1.807, 2.05) is 24.0 Å². The lowest BCUT2D eigenvalue weighted by atomic mass is 10.1. The molecule has 20 heavy (non-hydrogen) atoms. The average molecular weight is 287 g/mol. The van der Waals surface area contributed by atoms with Gasteiger partial charge < -0.3 is 9.88 Å². The van der Waals surface area contributed by atoms with E-state index in [2.05, 4.69) is 33.3 Å². The monoisotopic (exact) mass is 286 g/mol. The number of nitrogens with one attached hydrogen (secondary N) is 1. The van der Waals surface area contributed by atoms with Crippen molar-refractivity contribution in [2.24, 2.45) is 7.05 Å². The van der Waals surface area contributed by atoms with E-state index < -0.39 is 0 Å². The van der Waals surface area contributed by atoms with Gasteiger partial charge in [-0.1, -0.05) is 11.6 Å². The molecule has 0 saturated carbocycles. The van der Waals surface area contributed by atoms with E-state index >= 15 is 0 Å². The van der Waals surface area contributed by atoms with Gasteiger partial charge in [0, 0.05) is 66.1 Å². The molecule has 0 aliphatic carbocycles. The molecule has 1 aliphatic heterocycles. The van der Waals surface area contributed by atoms with Crippen molar-refractivity contribution in [2.75, 3.05) is 11.4 Å². The number of fused-ring (bicyclic) bond motifs is 2. The van der Waals surface area contributed by atoms with E-state index in [1.165, 1.54) is 22.3 Å². The maximum atomic E-state index is 6.24. The lowest BCUT2D eigenvalue weighted by Gasteiger charge is -2.29. The van der Waals surface area contributed by atoms with Crippen molar-refractivity contribution < 1.29 is 0 Å². The van der Waals surface area contributed by atoms with Gasteiger partial charge in [-0.05, 0) is 18.2 Å². The number of aromatic nitrogens is 3. The van der Waals surface area contributed by atoms with Crippen LogP contribution in [0.5, 0.6) is 0 Å². The molecule has 0 fully saturated rings. The summed E-state index contributed by atoms with van der Waals surface area (Å²) < 4.78 is 1.90. The zero-order valence-corrected chi connectivity index (χ0v) is 12.0. The highest BCUT2D eigenvalue weighted by Gasteiger charge is 2.21. The first-order valence-corrected chi connectivity index (χ1v) is 7.11. The van der Waals surface area contributed by atoms with E-state index in [4.69, 9.17) is 11.6 Å². The Morgan fingerprint density at radius 2 is 2.25 bits per heavy atom. The molecule has 0 saturated heterocycles. The maximum absolute atomic E-state index is 6.24. The average Bonchev–Trinajstić information content (AvgIpc) is 3.01. The molecule has 2 aromatic heterocycles. The summed E-state index contributed by atoms with van der Waals surface area (Å²) in [6, 6.07) is 6.14. The van der Waals surface area contributed by atoms with E-state index in [9.17, 15) is 0 Å². The van der Waals surface area contributed by atoms with Crippen molar-refractivity contribution in [2.45, 2.75) is 13.0 Å². The highest BCUT2D eigenvalue weighted by atomic mass is 35.5. The second kappa shape index (κ2) is 4.28.